The third kappa shape index (κ3) is 48.0. The van der Waals surface area contributed by atoms with E-state index >= 15 is 0 Å². The first-order chi connectivity index (χ1) is 32.4. The maximum Gasteiger partial charge on any atom is 0.472 e. The molecule has 0 aromatic carbocycles. The summed E-state index contributed by atoms with van der Waals surface area (Å²) in [7, 11) is 1.45. The van der Waals surface area contributed by atoms with E-state index < -0.39 is 20.0 Å². The summed E-state index contributed by atoms with van der Waals surface area (Å²) < 4.78 is 30.5. The number of carbonyl (C=O) groups is 2. The van der Waals surface area contributed by atoms with Crippen LogP contribution in [0.1, 0.15) is 213 Å². The zero-order chi connectivity index (χ0) is 49.4. The first-order valence-corrected chi connectivity index (χ1v) is 28.4. The number of quaternary nitrogens is 1. The van der Waals surface area contributed by atoms with Crippen LogP contribution in [0, 0.1) is 0 Å². The normalized spacial score (nSPS) is 14.6. The smallest absolute Gasteiger partial charge is 0.456 e. The van der Waals surface area contributed by atoms with E-state index in [1.165, 1.54) is 70.6 Å². The molecule has 0 heterocycles. The highest BCUT2D eigenvalue weighted by atomic mass is 31.2. The fourth-order valence-corrected chi connectivity index (χ4v) is 7.92. The summed E-state index contributed by atoms with van der Waals surface area (Å²) in [5.41, 5.74) is 0. The van der Waals surface area contributed by atoms with Gasteiger partial charge in [-0.05, 0) is 89.5 Å². The molecule has 0 aliphatic heterocycles. The lowest BCUT2D eigenvalue weighted by atomic mass is 10.1. The number of esters is 1. The van der Waals surface area contributed by atoms with E-state index in [0.717, 1.165) is 103 Å². The van der Waals surface area contributed by atoms with E-state index in [2.05, 4.69) is 92.9 Å². The summed E-state index contributed by atoms with van der Waals surface area (Å²) in [5, 5.41) is 3.02. The van der Waals surface area contributed by atoms with Gasteiger partial charge in [-0.1, -0.05) is 196 Å². The molecule has 0 fully saturated rings. The number of likely N-dealkylation sites (N-methyl/N-ethyl adjacent to an activating group) is 1. The monoisotopic (exact) mass is 958 g/mol. The van der Waals surface area contributed by atoms with Gasteiger partial charge in [-0.25, -0.2) is 4.57 Å². The highest BCUT2D eigenvalue weighted by molar-refractivity contribution is 7.47. The Morgan fingerprint density at radius 3 is 1.58 bits per heavy atom. The van der Waals surface area contributed by atoms with Gasteiger partial charge < -0.3 is 19.4 Å². The maximum atomic E-state index is 13.4. The first kappa shape index (κ1) is 64.2. The standard InChI is InChI=1S/C57H101N2O7P/c1-7-10-13-16-19-22-25-27-28-29-30-32-35-38-41-44-47-50-57(61)66-55(48-45-42-39-36-33-24-21-18-15-12-9-3)54(53-65-67(62,63)64-52-51-59(4,5)6)58-56(60)49-46-43-40-37-34-31-26-23-20-17-14-11-8-2/h11,14,17,19-20,22-23,26-28,30,32,45,48,54-55H,7-10,12-13,15-16,18,21,24-25,29,31,33-44,46-47,49-53H2,1-6H3,(H-,58,60,62,63)/p+1/b14-11+,20-17+,22-19-,26-23-,28-27-,32-30-,48-45+. The predicted molar refractivity (Wildman–Crippen MR) is 286 cm³/mol. The van der Waals surface area contributed by atoms with Crippen LogP contribution in [0.2, 0.25) is 0 Å². The molecule has 0 aromatic rings. The molecule has 0 aliphatic rings. The average molecular weight is 958 g/mol. The second kappa shape index (κ2) is 46.9. The molecule has 0 saturated carbocycles. The number of phosphoric ester groups is 1. The van der Waals surface area contributed by atoms with Gasteiger partial charge in [-0.15, -0.1) is 0 Å². The third-order valence-corrected chi connectivity index (χ3v) is 12.4. The summed E-state index contributed by atoms with van der Waals surface area (Å²) in [6.45, 7) is 6.78. The Kier molecular flexibility index (Phi) is 44.9. The Bertz CT molecular complexity index is 1430. The number of hydrogen-bond acceptors (Lipinski definition) is 6. The Balaban J connectivity index is 5.45. The SMILES string of the molecule is CC/C=C/C=C/C=C\CCCCCCCC(=O)NC(COP(=O)(O)OCC[N+](C)(C)C)C(/C=C/CCCCCCCCCCC)OC(=O)CCCCCC/C=C\C/C=C\C/C=C\CCCCC. The van der Waals surface area contributed by atoms with Crippen molar-refractivity contribution in [2.45, 2.75) is 226 Å². The largest absolute Gasteiger partial charge is 0.472 e. The molecule has 3 unspecified atom stereocenters. The lowest BCUT2D eigenvalue weighted by Gasteiger charge is -2.27. The molecule has 0 saturated heterocycles. The number of amides is 1. The number of allylic oxidation sites excluding steroid dienone is 13. The zero-order valence-electron chi connectivity index (χ0n) is 43.9. The minimum Gasteiger partial charge on any atom is -0.456 e. The number of rotatable bonds is 47. The Hall–Kier alpha value is -2.81. The van der Waals surface area contributed by atoms with Gasteiger partial charge in [0.2, 0.25) is 5.91 Å². The van der Waals surface area contributed by atoms with Gasteiger partial charge in [0.1, 0.15) is 19.3 Å². The van der Waals surface area contributed by atoms with Gasteiger partial charge >= 0.3 is 13.8 Å². The molecule has 1 amide bonds. The molecule has 2 N–H and O–H groups in total. The van der Waals surface area contributed by atoms with E-state index in [1.54, 1.807) is 0 Å². The Morgan fingerprint density at radius 2 is 1.01 bits per heavy atom. The molecule has 0 aromatic heterocycles. The number of nitrogens with zero attached hydrogens (tertiary/aromatic N) is 1. The van der Waals surface area contributed by atoms with Gasteiger partial charge in [-0.2, -0.15) is 0 Å². The number of carbonyl (C=O) groups excluding carboxylic acids is 2. The molecule has 0 aliphatic carbocycles. The zero-order valence-corrected chi connectivity index (χ0v) is 44.8. The lowest BCUT2D eigenvalue weighted by Crippen LogP contribution is -2.47. The summed E-state index contributed by atoms with van der Waals surface area (Å²) in [6, 6.07) is -0.870. The summed E-state index contributed by atoms with van der Waals surface area (Å²) in [4.78, 5) is 37.4. The predicted octanol–water partition coefficient (Wildman–Crippen LogP) is 15.9. The Morgan fingerprint density at radius 1 is 0.552 bits per heavy atom. The second-order valence-electron chi connectivity index (χ2n) is 19.1. The third-order valence-electron chi connectivity index (χ3n) is 11.4. The van der Waals surface area contributed by atoms with Crippen LogP contribution < -0.4 is 5.32 Å². The highest BCUT2D eigenvalue weighted by Gasteiger charge is 2.30. The van der Waals surface area contributed by atoms with E-state index in [4.69, 9.17) is 13.8 Å². The molecule has 0 rings (SSSR count). The van der Waals surface area contributed by atoms with Crippen LogP contribution in [0.4, 0.5) is 0 Å². The summed E-state index contributed by atoms with van der Waals surface area (Å²) in [6.07, 6.45) is 60.1. The van der Waals surface area contributed by atoms with Crippen LogP contribution in [-0.4, -0.2) is 74.3 Å². The van der Waals surface area contributed by atoms with Gasteiger partial charge in [-0.3, -0.25) is 18.6 Å². The molecule has 0 radical (unpaired) electrons. The van der Waals surface area contributed by atoms with Gasteiger partial charge in [0.15, 0.2) is 0 Å². The number of hydrogen-bond donors (Lipinski definition) is 2. The molecule has 3 atom stereocenters. The molecule has 0 bridgehead atoms. The van der Waals surface area contributed by atoms with Gasteiger partial charge in [0.25, 0.3) is 0 Å². The molecular formula is C57H102N2O7P+. The van der Waals surface area contributed by atoms with Crippen LogP contribution in [-0.2, 0) is 27.9 Å². The van der Waals surface area contributed by atoms with E-state index in [1.807, 2.05) is 39.4 Å². The maximum absolute atomic E-state index is 13.4. The molecular weight excluding hydrogens is 856 g/mol. The number of nitrogens with one attached hydrogen (secondary N) is 1. The minimum atomic E-state index is -4.45. The van der Waals surface area contributed by atoms with Crippen molar-refractivity contribution in [2.24, 2.45) is 0 Å². The fraction of sp³-hybridized carbons (Fsp3) is 0.719. The van der Waals surface area contributed by atoms with E-state index in [9.17, 15) is 19.0 Å². The Labute approximate surface area is 412 Å². The number of phosphoric acid groups is 1. The fourth-order valence-electron chi connectivity index (χ4n) is 7.18. The molecule has 10 heteroatoms. The molecule has 0 spiro atoms. The van der Waals surface area contributed by atoms with Gasteiger partial charge in [0, 0.05) is 12.8 Å². The van der Waals surface area contributed by atoms with Crippen molar-refractivity contribution in [2.75, 3.05) is 40.9 Å². The molecule has 67 heavy (non-hydrogen) atoms. The van der Waals surface area contributed by atoms with Crippen molar-refractivity contribution in [1.29, 1.82) is 0 Å². The van der Waals surface area contributed by atoms with Crippen molar-refractivity contribution < 1.29 is 37.3 Å². The van der Waals surface area contributed by atoms with Crippen LogP contribution in [0.3, 0.4) is 0 Å². The minimum absolute atomic E-state index is 0.0281. The average Bonchev–Trinajstić information content (AvgIpc) is 3.28. The van der Waals surface area contributed by atoms with Crippen molar-refractivity contribution in [3.63, 3.8) is 0 Å². The number of ether oxygens (including phenoxy) is 1. The van der Waals surface area contributed by atoms with Crippen molar-refractivity contribution >= 4 is 19.7 Å². The van der Waals surface area contributed by atoms with E-state index in [-0.39, 0.29) is 31.5 Å². The van der Waals surface area contributed by atoms with Crippen LogP contribution in [0.15, 0.2) is 85.1 Å². The van der Waals surface area contributed by atoms with Crippen LogP contribution in [0.25, 0.3) is 0 Å². The highest BCUT2D eigenvalue weighted by Crippen LogP contribution is 2.43. The van der Waals surface area contributed by atoms with Crippen LogP contribution >= 0.6 is 7.82 Å². The molecule has 386 valence electrons. The van der Waals surface area contributed by atoms with E-state index in [0.29, 0.717) is 23.9 Å². The molecule has 9 nitrogen and oxygen atoms in total. The van der Waals surface area contributed by atoms with Crippen molar-refractivity contribution in [3.8, 4) is 0 Å². The quantitative estimate of drug-likeness (QED) is 0.0156. The number of unbranched alkanes of at least 4 members (excludes halogenated alkanes) is 21. The lowest BCUT2D eigenvalue weighted by molar-refractivity contribution is -0.870. The second-order valence-corrected chi connectivity index (χ2v) is 20.5. The van der Waals surface area contributed by atoms with Gasteiger partial charge in [0.05, 0.1) is 33.8 Å². The summed E-state index contributed by atoms with van der Waals surface area (Å²) >= 11 is 0. The van der Waals surface area contributed by atoms with Crippen LogP contribution in [0.5, 0.6) is 0 Å². The topological polar surface area (TPSA) is 111 Å². The van der Waals surface area contributed by atoms with Crippen molar-refractivity contribution in [1.82, 2.24) is 5.32 Å². The van der Waals surface area contributed by atoms with Crippen molar-refractivity contribution in [3.05, 3.63) is 85.1 Å². The summed E-state index contributed by atoms with van der Waals surface area (Å²) in [5.74, 6) is -0.562. The first-order valence-electron chi connectivity index (χ1n) is 26.9.